The van der Waals surface area contributed by atoms with Gasteiger partial charge in [0.2, 0.25) is 0 Å². The van der Waals surface area contributed by atoms with Gasteiger partial charge in [-0.1, -0.05) is 12.1 Å². The van der Waals surface area contributed by atoms with Gasteiger partial charge in [0, 0.05) is 13.7 Å². The van der Waals surface area contributed by atoms with E-state index in [9.17, 15) is 13.2 Å². The molecule has 0 spiro atoms. The summed E-state index contributed by atoms with van der Waals surface area (Å²) in [6, 6.07) is 5.01. The molecule has 0 aliphatic carbocycles. The van der Waals surface area contributed by atoms with Crippen LogP contribution in [0.3, 0.4) is 0 Å². The number of rotatable bonds is 4. The predicted octanol–water partition coefficient (Wildman–Crippen LogP) is 2.61. The van der Waals surface area contributed by atoms with Crippen molar-refractivity contribution in [2.75, 3.05) is 20.7 Å². The van der Waals surface area contributed by atoms with E-state index in [0.29, 0.717) is 6.54 Å². The van der Waals surface area contributed by atoms with Crippen molar-refractivity contribution < 1.29 is 17.9 Å². The zero-order valence-corrected chi connectivity index (χ0v) is 9.14. The predicted molar refractivity (Wildman–Crippen MR) is 55.1 cm³/mol. The van der Waals surface area contributed by atoms with E-state index >= 15 is 0 Å². The highest BCUT2D eigenvalue weighted by Crippen LogP contribution is 2.30. The molecule has 90 valence electrons. The van der Waals surface area contributed by atoms with Crippen LogP contribution in [0, 0.1) is 0 Å². The zero-order valence-electron chi connectivity index (χ0n) is 9.14. The lowest BCUT2D eigenvalue weighted by atomic mass is 10.1. The van der Waals surface area contributed by atoms with Crippen molar-refractivity contribution in [2.45, 2.75) is 12.3 Å². The number of alkyl halides is 3. The Balaban J connectivity index is 2.85. The second-order valence-corrected chi connectivity index (χ2v) is 3.40. The van der Waals surface area contributed by atoms with Gasteiger partial charge in [0.25, 0.3) is 0 Å². The van der Waals surface area contributed by atoms with Gasteiger partial charge in [-0.25, -0.2) is 0 Å². The van der Waals surface area contributed by atoms with E-state index in [0.717, 1.165) is 17.7 Å². The van der Waals surface area contributed by atoms with Gasteiger partial charge in [0.05, 0.1) is 11.7 Å². The molecular formula is C11H14F3NO. The van der Waals surface area contributed by atoms with E-state index in [1.807, 2.05) is 0 Å². The quantitative estimate of drug-likeness (QED) is 0.863. The molecule has 16 heavy (non-hydrogen) atoms. The van der Waals surface area contributed by atoms with Gasteiger partial charge >= 0.3 is 6.18 Å². The lowest BCUT2D eigenvalue weighted by molar-refractivity contribution is -0.137. The fourth-order valence-corrected chi connectivity index (χ4v) is 1.41. The molecule has 5 heteroatoms. The molecule has 0 saturated heterocycles. The Morgan fingerprint density at radius 2 is 1.81 bits per heavy atom. The summed E-state index contributed by atoms with van der Waals surface area (Å²) >= 11 is 0. The third kappa shape index (κ3) is 3.21. The molecule has 0 aromatic heterocycles. The first-order chi connectivity index (χ1) is 7.49. The number of likely N-dealkylation sites (N-methyl/N-ethyl adjacent to an activating group) is 1. The molecule has 0 amide bonds. The van der Waals surface area contributed by atoms with Crippen molar-refractivity contribution in [1.29, 1.82) is 0 Å². The maximum Gasteiger partial charge on any atom is 0.416 e. The molecule has 1 N–H and O–H groups in total. The van der Waals surface area contributed by atoms with Gasteiger partial charge in [0.15, 0.2) is 0 Å². The van der Waals surface area contributed by atoms with Gasteiger partial charge in [-0.15, -0.1) is 0 Å². The maximum absolute atomic E-state index is 12.3. The third-order valence-electron chi connectivity index (χ3n) is 2.28. The first kappa shape index (κ1) is 13.0. The summed E-state index contributed by atoms with van der Waals surface area (Å²) < 4.78 is 42.1. The van der Waals surface area contributed by atoms with Crippen LogP contribution >= 0.6 is 0 Å². The number of nitrogens with one attached hydrogen (secondary N) is 1. The SMILES string of the molecule is CNC[C@H](OC)c1ccc(C(F)(F)F)cc1. The summed E-state index contributed by atoms with van der Waals surface area (Å²) in [7, 11) is 3.29. The van der Waals surface area contributed by atoms with E-state index in [2.05, 4.69) is 5.32 Å². The Hall–Kier alpha value is -1.07. The van der Waals surface area contributed by atoms with Crippen molar-refractivity contribution in [3.05, 3.63) is 35.4 Å². The monoisotopic (exact) mass is 233 g/mol. The smallest absolute Gasteiger partial charge is 0.375 e. The molecule has 1 aromatic carbocycles. The first-order valence-corrected chi connectivity index (χ1v) is 4.83. The molecule has 0 saturated carbocycles. The van der Waals surface area contributed by atoms with Crippen LogP contribution in [0.25, 0.3) is 0 Å². The molecule has 0 heterocycles. The Morgan fingerprint density at radius 1 is 1.25 bits per heavy atom. The summed E-state index contributed by atoms with van der Waals surface area (Å²) in [4.78, 5) is 0. The summed E-state index contributed by atoms with van der Waals surface area (Å²) in [6.07, 6.45) is -4.52. The van der Waals surface area contributed by atoms with Gasteiger partial charge in [-0.3, -0.25) is 0 Å². The van der Waals surface area contributed by atoms with E-state index in [1.165, 1.54) is 19.2 Å². The highest BCUT2D eigenvalue weighted by molar-refractivity contribution is 5.26. The summed E-state index contributed by atoms with van der Waals surface area (Å²) in [5.41, 5.74) is 0.0837. The third-order valence-corrected chi connectivity index (χ3v) is 2.28. The lowest BCUT2D eigenvalue weighted by Gasteiger charge is -2.16. The van der Waals surface area contributed by atoms with Crippen LogP contribution in [-0.2, 0) is 10.9 Å². The average Bonchev–Trinajstić information content (AvgIpc) is 2.25. The lowest BCUT2D eigenvalue weighted by Crippen LogP contribution is -2.18. The van der Waals surface area contributed by atoms with E-state index < -0.39 is 11.7 Å². The minimum Gasteiger partial charge on any atom is -0.375 e. The normalized spacial score (nSPS) is 13.8. The van der Waals surface area contributed by atoms with Crippen molar-refractivity contribution in [3.63, 3.8) is 0 Å². The van der Waals surface area contributed by atoms with Crippen LogP contribution in [0.2, 0.25) is 0 Å². The van der Waals surface area contributed by atoms with E-state index in [4.69, 9.17) is 4.74 Å². The maximum atomic E-state index is 12.3. The number of hydrogen-bond acceptors (Lipinski definition) is 2. The van der Waals surface area contributed by atoms with Crippen molar-refractivity contribution in [1.82, 2.24) is 5.32 Å². The van der Waals surface area contributed by atoms with Gasteiger partial charge in [0.1, 0.15) is 0 Å². The highest BCUT2D eigenvalue weighted by Gasteiger charge is 2.30. The second kappa shape index (κ2) is 5.32. The Bertz CT molecular complexity index is 321. The summed E-state index contributed by atoms with van der Waals surface area (Å²) in [5.74, 6) is 0. The molecule has 2 nitrogen and oxygen atoms in total. The molecular weight excluding hydrogens is 219 g/mol. The van der Waals surface area contributed by atoms with Gasteiger partial charge in [-0.05, 0) is 24.7 Å². The molecule has 1 rings (SSSR count). The van der Waals surface area contributed by atoms with Crippen LogP contribution in [-0.4, -0.2) is 20.7 Å². The van der Waals surface area contributed by atoms with Crippen LogP contribution in [0.4, 0.5) is 13.2 Å². The number of hydrogen-bond donors (Lipinski definition) is 1. The molecule has 0 aliphatic rings. The Labute approximate surface area is 92.4 Å². The summed E-state index contributed by atoms with van der Waals surface area (Å²) in [6.45, 7) is 0.557. The molecule has 0 unspecified atom stereocenters. The minimum atomic E-state index is -4.29. The number of ether oxygens (including phenoxy) is 1. The standard InChI is InChI=1S/C11H14F3NO/c1-15-7-10(16-2)8-3-5-9(6-4-8)11(12,13)14/h3-6,10,15H,7H2,1-2H3/t10-/m0/s1. The molecule has 0 bridgehead atoms. The van der Waals surface area contributed by atoms with Crippen molar-refractivity contribution in [3.8, 4) is 0 Å². The molecule has 1 aromatic rings. The highest BCUT2D eigenvalue weighted by atomic mass is 19.4. The van der Waals surface area contributed by atoms with Crippen LogP contribution in [0.5, 0.6) is 0 Å². The van der Waals surface area contributed by atoms with E-state index in [1.54, 1.807) is 7.05 Å². The molecule has 0 fully saturated rings. The first-order valence-electron chi connectivity index (χ1n) is 4.83. The van der Waals surface area contributed by atoms with Gasteiger partial charge < -0.3 is 10.1 Å². The van der Waals surface area contributed by atoms with Crippen molar-refractivity contribution in [2.24, 2.45) is 0 Å². The molecule has 0 radical (unpaired) electrons. The fraction of sp³-hybridized carbons (Fsp3) is 0.455. The second-order valence-electron chi connectivity index (χ2n) is 3.40. The van der Waals surface area contributed by atoms with Crippen LogP contribution < -0.4 is 5.32 Å². The Kier molecular flexibility index (Phi) is 4.32. The van der Waals surface area contributed by atoms with Crippen LogP contribution in [0.15, 0.2) is 24.3 Å². The van der Waals surface area contributed by atoms with E-state index in [-0.39, 0.29) is 6.10 Å². The Morgan fingerprint density at radius 3 is 2.19 bits per heavy atom. The number of methoxy groups -OCH3 is 1. The minimum absolute atomic E-state index is 0.229. The largest absolute Gasteiger partial charge is 0.416 e. The van der Waals surface area contributed by atoms with Crippen molar-refractivity contribution >= 4 is 0 Å². The molecule has 1 atom stereocenters. The number of benzene rings is 1. The van der Waals surface area contributed by atoms with Crippen LogP contribution in [0.1, 0.15) is 17.2 Å². The topological polar surface area (TPSA) is 21.3 Å². The summed E-state index contributed by atoms with van der Waals surface area (Å²) in [5, 5.41) is 2.91. The number of halogens is 3. The van der Waals surface area contributed by atoms with Gasteiger partial charge in [-0.2, -0.15) is 13.2 Å². The fourth-order valence-electron chi connectivity index (χ4n) is 1.41. The molecule has 0 aliphatic heterocycles. The average molecular weight is 233 g/mol. The zero-order chi connectivity index (χ0) is 12.2.